The highest BCUT2D eigenvalue weighted by Crippen LogP contribution is 2.31. The smallest absolute Gasteiger partial charge is 0.329 e. The van der Waals surface area contributed by atoms with Gasteiger partial charge in [-0.3, -0.25) is 4.90 Å². The number of alkyl halides is 3. The van der Waals surface area contributed by atoms with Gasteiger partial charge in [-0.25, -0.2) is 0 Å². The Balaban J connectivity index is 3.05. The largest absolute Gasteiger partial charge is 0.416 e. The summed E-state index contributed by atoms with van der Waals surface area (Å²) >= 11 is 0. The molecule has 0 aliphatic heterocycles. The Morgan fingerprint density at radius 3 is 2.47 bits per heavy atom. The molecule has 0 spiro atoms. The lowest BCUT2D eigenvalue weighted by molar-refractivity contribution is -0.137. The fraction of sp³-hybridized carbons (Fsp3) is 0.500. The lowest BCUT2D eigenvalue weighted by atomic mass is 10.0. The van der Waals surface area contributed by atoms with Crippen molar-refractivity contribution in [3.05, 3.63) is 35.4 Å². The molecule has 2 nitrogen and oxygen atoms in total. The fourth-order valence-corrected chi connectivity index (χ4v) is 1.71. The Hall–Kier alpha value is -1.07. The predicted molar refractivity (Wildman–Crippen MR) is 61.5 cm³/mol. The summed E-state index contributed by atoms with van der Waals surface area (Å²) in [6, 6.07) is 5.16. The third-order valence-electron chi connectivity index (χ3n) is 2.85. The molecule has 1 unspecified atom stereocenters. The van der Waals surface area contributed by atoms with E-state index in [4.69, 9.17) is 5.73 Å². The van der Waals surface area contributed by atoms with Crippen LogP contribution in [0.25, 0.3) is 0 Å². The van der Waals surface area contributed by atoms with Gasteiger partial charge in [0.15, 0.2) is 0 Å². The van der Waals surface area contributed by atoms with Crippen molar-refractivity contribution in [3.63, 3.8) is 0 Å². The zero-order chi connectivity index (χ0) is 13.1. The molecular formula is C12H17F3N2. The Morgan fingerprint density at radius 1 is 1.35 bits per heavy atom. The van der Waals surface area contributed by atoms with E-state index in [2.05, 4.69) is 0 Å². The fourth-order valence-electron chi connectivity index (χ4n) is 1.71. The minimum Gasteiger partial charge on any atom is -0.329 e. The molecule has 17 heavy (non-hydrogen) atoms. The molecule has 0 bridgehead atoms. The number of likely N-dealkylation sites (N-methyl/N-ethyl adjacent to an activating group) is 1. The van der Waals surface area contributed by atoms with Crippen LogP contribution in [0, 0.1) is 0 Å². The van der Waals surface area contributed by atoms with Gasteiger partial charge in [-0.15, -0.1) is 0 Å². The lowest BCUT2D eigenvalue weighted by Gasteiger charge is -2.26. The van der Waals surface area contributed by atoms with Crippen LogP contribution in [0.3, 0.4) is 0 Å². The first-order chi connectivity index (χ1) is 7.90. The van der Waals surface area contributed by atoms with E-state index in [9.17, 15) is 13.2 Å². The third-order valence-corrected chi connectivity index (χ3v) is 2.85. The van der Waals surface area contributed by atoms with Crippen LogP contribution in [0.5, 0.6) is 0 Å². The number of benzene rings is 1. The van der Waals surface area contributed by atoms with Crippen molar-refractivity contribution in [3.8, 4) is 0 Å². The second-order valence-corrected chi connectivity index (χ2v) is 3.95. The first-order valence-corrected chi connectivity index (χ1v) is 5.47. The van der Waals surface area contributed by atoms with Gasteiger partial charge < -0.3 is 5.73 Å². The molecule has 1 aromatic rings. The predicted octanol–water partition coefficient (Wildman–Crippen LogP) is 2.66. The molecule has 2 N–H and O–H groups in total. The summed E-state index contributed by atoms with van der Waals surface area (Å²) in [6.45, 7) is 2.97. The van der Waals surface area contributed by atoms with Crippen LogP contribution >= 0.6 is 0 Å². The molecule has 5 heteroatoms. The average molecular weight is 246 g/mol. The molecule has 0 saturated heterocycles. The van der Waals surface area contributed by atoms with E-state index in [0.717, 1.165) is 12.6 Å². The van der Waals surface area contributed by atoms with Gasteiger partial charge in [0.05, 0.1) is 5.56 Å². The molecule has 0 aliphatic rings. The quantitative estimate of drug-likeness (QED) is 0.885. The average Bonchev–Trinajstić information content (AvgIpc) is 2.29. The van der Waals surface area contributed by atoms with E-state index in [1.165, 1.54) is 12.1 Å². The standard InChI is InChI=1S/C12H17F3N2/c1-3-17(2)11(8-16)9-5-4-6-10(7-9)12(13,14)15/h4-7,11H,3,8,16H2,1-2H3. The molecule has 0 aliphatic carbocycles. The minimum absolute atomic E-state index is 0.178. The van der Waals surface area contributed by atoms with Gasteiger partial charge >= 0.3 is 6.18 Å². The Morgan fingerprint density at radius 2 is 2.00 bits per heavy atom. The molecule has 1 atom stereocenters. The second kappa shape index (κ2) is 5.51. The highest BCUT2D eigenvalue weighted by Gasteiger charge is 2.31. The van der Waals surface area contributed by atoms with Crippen molar-refractivity contribution in [2.45, 2.75) is 19.1 Å². The van der Waals surface area contributed by atoms with Crippen molar-refractivity contribution >= 4 is 0 Å². The molecule has 1 aromatic carbocycles. The number of nitrogens with zero attached hydrogens (tertiary/aromatic N) is 1. The molecule has 0 radical (unpaired) electrons. The first-order valence-electron chi connectivity index (χ1n) is 5.47. The highest BCUT2D eigenvalue weighted by molar-refractivity contribution is 5.28. The molecule has 0 fully saturated rings. The molecule has 1 rings (SSSR count). The summed E-state index contributed by atoms with van der Waals surface area (Å²) in [4.78, 5) is 1.93. The molecular weight excluding hydrogens is 229 g/mol. The minimum atomic E-state index is -4.31. The highest BCUT2D eigenvalue weighted by atomic mass is 19.4. The Bertz CT molecular complexity index is 363. The summed E-state index contributed by atoms with van der Waals surface area (Å²) in [7, 11) is 1.85. The van der Waals surface area contributed by atoms with E-state index >= 15 is 0 Å². The van der Waals surface area contributed by atoms with Crippen LogP contribution in [0.2, 0.25) is 0 Å². The van der Waals surface area contributed by atoms with E-state index < -0.39 is 11.7 Å². The van der Waals surface area contributed by atoms with E-state index in [1.807, 2.05) is 18.9 Å². The number of hydrogen-bond acceptors (Lipinski definition) is 2. The summed E-state index contributed by atoms with van der Waals surface area (Å²) in [5.41, 5.74) is 5.59. The van der Waals surface area contributed by atoms with Crippen LogP contribution < -0.4 is 5.73 Å². The maximum absolute atomic E-state index is 12.6. The van der Waals surface area contributed by atoms with Gasteiger partial charge in [-0.1, -0.05) is 19.1 Å². The van der Waals surface area contributed by atoms with Crippen LogP contribution in [0.1, 0.15) is 24.1 Å². The maximum atomic E-state index is 12.6. The molecule has 0 saturated carbocycles. The van der Waals surface area contributed by atoms with Crippen molar-refractivity contribution in [1.29, 1.82) is 0 Å². The topological polar surface area (TPSA) is 29.3 Å². The SMILES string of the molecule is CCN(C)C(CN)c1cccc(C(F)(F)F)c1. The third kappa shape index (κ3) is 3.44. The normalized spacial score (nSPS) is 14.1. The Kier molecular flexibility index (Phi) is 4.54. The number of halogens is 3. The van der Waals surface area contributed by atoms with Crippen LogP contribution in [-0.2, 0) is 6.18 Å². The van der Waals surface area contributed by atoms with Crippen LogP contribution in [-0.4, -0.2) is 25.0 Å². The first kappa shape index (κ1) is 14.0. The monoisotopic (exact) mass is 246 g/mol. The van der Waals surface area contributed by atoms with Crippen LogP contribution in [0.4, 0.5) is 13.2 Å². The summed E-state index contributed by atoms with van der Waals surface area (Å²) in [5, 5.41) is 0. The van der Waals surface area contributed by atoms with Gasteiger partial charge in [0.25, 0.3) is 0 Å². The van der Waals surface area contributed by atoms with Crippen molar-refractivity contribution in [1.82, 2.24) is 4.90 Å². The van der Waals surface area contributed by atoms with Crippen molar-refractivity contribution in [2.24, 2.45) is 5.73 Å². The number of rotatable bonds is 4. The van der Waals surface area contributed by atoms with Crippen LogP contribution in [0.15, 0.2) is 24.3 Å². The Labute approximate surface area is 99.2 Å². The van der Waals surface area contributed by atoms with Gasteiger partial charge in [-0.05, 0) is 31.3 Å². The zero-order valence-corrected chi connectivity index (χ0v) is 9.96. The molecule has 0 heterocycles. The summed E-state index contributed by atoms with van der Waals surface area (Å²) < 4.78 is 37.7. The number of hydrogen-bond donors (Lipinski definition) is 1. The molecule has 96 valence electrons. The maximum Gasteiger partial charge on any atom is 0.416 e. The lowest BCUT2D eigenvalue weighted by Crippen LogP contribution is -2.30. The van der Waals surface area contributed by atoms with E-state index in [1.54, 1.807) is 6.07 Å². The van der Waals surface area contributed by atoms with Gasteiger partial charge in [0.2, 0.25) is 0 Å². The molecule has 0 amide bonds. The second-order valence-electron chi connectivity index (χ2n) is 3.95. The molecule has 0 aromatic heterocycles. The number of nitrogens with two attached hydrogens (primary N) is 1. The summed E-state index contributed by atoms with van der Waals surface area (Å²) in [6.07, 6.45) is -4.31. The van der Waals surface area contributed by atoms with Crippen molar-refractivity contribution in [2.75, 3.05) is 20.1 Å². The zero-order valence-electron chi connectivity index (χ0n) is 9.96. The van der Waals surface area contributed by atoms with Gasteiger partial charge in [-0.2, -0.15) is 13.2 Å². The van der Waals surface area contributed by atoms with Crippen molar-refractivity contribution < 1.29 is 13.2 Å². The summed E-state index contributed by atoms with van der Waals surface area (Å²) in [5.74, 6) is 0. The van der Waals surface area contributed by atoms with E-state index in [0.29, 0.717) is 12.1 Å². The van der Waals surface area contributed by atoms with Gasteiger partial charge in [0.1, 0.15) is 0 Å². The van der Waals surface area contributed by atoms with E-state index in [-0.39, 0.29) is 6.04 Å². The van der Waals surface area contributed by atoms with Gasteiger partial charge in [0, 0.05) is 12.6 Å².